The van der Waals surface area contributed by atoms with Crippen molar-refractivity contribution in [2.24, 2.45) is 5.10 Å². The summed E-state index contributed by atoms with van der Waals surface area (Å²) < 4.78 is 0. The van der Waals surface area contributed by atoms with Crippen LogP contribution in [0, 0.1) is 5.41 Å². The highest BCUT2D eigenvalue weighted by Gasteiger charge is 1.76. The fourth-order valence-corrected chi connectivity index (χ4v) is 0.336. The molecule has 3 heteroatoms. The normalized spacial score (nSPS) is 10.0. The van der Waals surface area contributed by atoms with Crippen molar-refractivity contribution in [3.05, 3.63) is 0 Å². The molecule has 9 heavy (non-hydrogen) atoms. The van der Waals surface area contributed by atoms with Crippen LogP contribution in [0.1, 0.15) is 26.7 Å². The van der Waals surface area contributed by atoms with Crippen LogP contribution < -0.4 is 5.43 Å². The van der Waals surface area contributed by atoms with Crippen LogP contribution in [-0.4, -0.2) is 12.1 Å². The van der Waals surface area contributed by atoms with E-state index in [0.717, 1.165) is 12.8 Å². The van der Waals surface area contributed by atoms with Crippen LogP contribution in [-0.2, 0) is 0 Å². The number of rotatable bonds is 3. The van der Waals surface area contributed by atoms with Crippen molar-refractivity contribution in [2.45, 2.75) is 26.7 Å². The van der Waals surface area contributed by atoms with Gasteiger partial charge in [-0.1, -0.05) is 13.3 Å². The largest absolute Gasteiger partial charge is 0.287 e. The van der Waals surface area contributed by atoms with E-state index in [4.69, 9.17) is 5.41 Å². The van der Waals surface area contributed by atoms with Crippen molar-refractivity contribution >= 4 is 12.1 Å². The zero-order chi connectivity index (χ0) is 7.11. The number of hydrogen-bond acceptors (Lipinski definition) is 2. The Balaban J connectivity index is 3.14. The summed E-state index contributed by atoms with van der Waals surface area (Å²) in [4.78, 5) is 0. The quantitative estimate of drug-likeness (QED) is 0.335. The van der Waals surface area contributed by atoms with Crippen molar-refractivity contribution in [3.63, 3.8) is 0 Å². The molecule has 0 aromatic carbocycles. The number of nitrogens with zero attached hydrogens (tertiary/aromatic N) is 1. The number of hydrazone groups is 1. The summed E-state index contributed by atoms with van der Waals surface area (Å²) in [6, 6.07) is 0. The minimum Gasteiger partial charge on any atom is -0.287 e. The van der Waals surface area contributed by atoms with Gasteiger partial charge in [-0.2, -0.15) is 5.10 Å². The molecule has 0 radical (unpaired) electrons. The lowest BCUT2D eigenvalue weighted by Gasteiger charge is -1.91. The molecule has 2 N–H and O–H groups in total. The molecule has 3 nitrogen and oxygen atoms in total. The summed E-state index contributed by atoms with van der Waals surface area (Å²) >= 11 is 0. The van der Waals surface area contributed by atoms with E-state index < -0.39 is 0 Å². The lowest BCUT2D eigenvalue weighted by molar-refractivity contribution is 0.961. The minimum atomic E-state index is 0.377. The van der Waals surface area contributed by atoms with Gasteiger partial charge in [0.15, 0.2) is 0 Å². The average molecular weight is 127 g/mol. The smallest absolute Gasteiger partial charge is 0.111 e. The molecule has 0 fully saturated rings. The van der Waals surface area contributed by atoms with Gasteiger partial charge in [-0.3, -0.25) is 10.8 Å². The highest BCUT2D eigenvalue weighted by molar-refractivity contribution is 5.76. The second-order valence-electron chi connectivity index (χ2n) is 1.84. The molecule has 52 valence electrons. The summed E-state index contributed by atoms with van der Waals surface area (Å²) in [7, 11) is 0. The van der Waals surface area contributed by atoms with Gasteiger partial charge in [0.1, 0.15) is 5.84 Å². The van der Waals surface area contributed by atoms with Crippen molar-refractivity contribution in [1.82, 2.24) is 5.43 Å². The lowest BCUT2D eigenvalue weighted by Crippen LogP contribution is -2.10. The molecule has 0 spiro atoms. The number of amidine groups is 1. The third-order valence-electron chi connectivity index (χ3n) is 0.741. The van der Waals surface area contributed by atoms with E-state index in [1.54, 1.807) is 13.1 Å². The fraction of sp³-hybridized carbons (Fsp3) is 0.667. The van der Waals surface area contributed by atoms with E-state index in [-0.39, 0.29) is 0 Å². The van der Waals surface area contributed by atoms with E-state index in [1.165, 1.54) is 0 Å². The van der Waals surface area contributed by atoms with Crippen LogP contribution in [0.15, 0.2) is 5.10 Å². The molecule has 0 atom stereocenters. The van der Waals surface area contributed by atoms with Crippen LogP contribution in [0.4, 0.5) is 0 Å². The zero-order valence-electron chi connectivity index (χ0n) is 5.94. The molecule has 0 aromatic heterocycles. The molecule has 0 aliphatic heterocycles. The Hall–Kier alpha value is -0.860. The van der Waals surface area contributed by atoms with Crippen LogP contribution in [0.25, 0.3) is 0 Å². The van der Waals surface area contributed by atoms with E-state index in [0.29, 0.717) is 5.84 Å². The topological polar surface area (TPSA) is 48.2 Å². The summed E-state index contributed by atoms with van der Waals surface area (Å²) in [5.41, 5.74) is 2.53. The van der Waals surface area contributed by atoms with Gasteiger partial charge in [0, 0.05) is 6.21 Å². The first-order valence-corrected chi connectivity index (χ1v) is 3.10. The molecular weight excluding hydrogens is 114 g/mol. The van der Waals surface area contributed by atoms with Gasteiger partial charge in [-0.15, -0.1) is 0 Å². The molecule has 0 heterocycles. The van der Waals surface area contributed by atoms with Gasteiger partial charge in [0.2, 0.25) is 0 Å². The molecular formula is C6H13N3. The number of nitrogens with one attached hydrogen (secondary N) is 2. The summed E-state index contributed by atoms with van der Waals surface area (Å²) in [6.45, 7) is 3.74. The van der Waals surface area contributed by atoms with Crippen molar-refractivity contribution in [2.75, 3.05) is 0 Å². The third kappa shape index (κ3) is 7.14. The van der Waals surface area contributed by atoms with Gasteiger partial charge in [0.25, 0.3) is 0 Å². The Morgan fingerprint density at radius 2 is 2.44 bits per heavy atom. The first-order valence-electron chi connectivity index (χ1n) is 3.10. The van der Waals surface area contributed by atoms with Crippen molar-refractivity contribution in [1.29, 1.82) is 5.41 Å². The fourth-order valence-electron chi connectivity index (χ4n) is 0.336. The van der Waals surface area contributed by atoms with E-state index in [2.05, 4.69) is 17.5 Å². The van der Waals surface area contributed by atoms with Crippen LogP contribution >= 0.6 is 0 Å². The Labute approximate surface area is 55.7 Å². The summed E-state index contributed by atoms with van der Waals surface area (Å²) in [5, 5.41) is 10.7. The Morgan fingerprint density at radius 3 is 2.89 bits per heavy atom. The summed E-state index contributed by atoms with van der Waals surface area (Å²) in [5.74, 6) is 0.377. The lowest BCUT2D eigenvalue weighted by atomic mass is 10.4. The highest BCUT2D eigenvalue weighted by Crippen LogP contribution is 1.78. The van der Waals surface area contributed by atoms with Crippen LogP contribution in [0.3, 0.4) is 0 Å². The zero-order valence-corrected chi connectivity index (χ0v) is 5.94. The maximum Gasteiger partial charge on any atom is 0.111 e. The molecule has 0 saturated heterocycles. The molecule has 0 aromatic rings. The van der Waals surface area contributed by atoms with E-state index >= 15 is 0 Å². The predicted octanol–water partition coefficient (Wildman–Crippen LogP) is 1.36. The second-order valence-corrected chi connectivity index (χ2v) is 1.84. The van der Waals surface area contributed by atoms with Crippen molar-refractivity contribution < 1.29 is 0 Å². The van der Waals surface area contributed by atoms with Crippen LogP contribution in [0.5, 0.6) is 0 Å². The molecule has 0 unspecified atom stereocenters. The Bertz CT molecular complexity index is 107. The first-order chi connectivity index (χ1) is 4.27. The van der Waals surface area contributed by atoms with Crippen molar-refractivity contribution in [3.8, 4) is 0 Å². The van der Waals surface area contributed by atoms with Gasteiger partial charge >= 0.3 is 0 Å². The maximum atomic E-state index is 6.90. The van der Waals surface area contributed by atoms with E-state index in [1.807, 2.05) is 0 Å². The SMILES string of the molecule is CCC/C=N\NC(C)=N. The highest BCUT2D eigenvalue weighted by atomic mass is 15.3. The third-order valence-corrected chi connectivity index (χ3v) is 0.741. The summed E-state index contributed by atoms with van der Waals surface area (Å²) in [6.07, 6.45) is 3.85. The molecule has 0 aliphatic carbocycles. The average Bonchev–Trinajstić information content (AvgIpc) is 1.80. The molecule has 0 rings (SSSR count). The van der Waals surface area contributed by atoms with Gasteiger partial charge in [-0.25, -0.2) is 0 Å². The Morgan fingerprint density at radius 1 is 1.78 bits per heavy atom. The van der Waals surface area contributed by atoms with E-state index in [9.17, 15) is 0 Å². The minimum absolute atomic E-state index is 0.377. The van der Waals surface area contributed by atoms with Gasteiger partial charge < -0.3 is 0 Å². The predicted molar refractivity (Wildman–Crippen MR) is 39.9 cm³/mol. The standard InChI is InChI=1S/C6H13N3/c1-3-4-5-8-9-6(2)7/h5H,3-4H2,1-2H3,(H2,7,9)/b8-5-. The first kappa shape index (κ1) is 8.14. The molecule has 0 aliphatic rings. The molecule has 0 bridgehead atoms. The van der Waals surface area contributed by atoms with Gasteiger partial charge in [-0.05, 0) is 13.3 Å². The van der Waals surface area contributed by atoms with Gasteiger partial charge in [0.05, 0.1) is 0 Å². The number of unbranched alkanes of at least 4 members (excludes halogenated alkanes) is 1. The monoisotopic (exact) mass is 127 g/mol. The Kier molecular flexibility index (Phi) is 4.78. The molecule has 0 saturated carbocycles. The second kappa shape index (κ2) is 5.28. The molecule has 0 amide bonds. The number of hydrogen-bond donors (Lipinski definition) is 2. The van der Waals surface area contributed by atoms with Crippen LogP contribution in [0.2, 0.25) is 0 Å². The maximum absolute atomic E-state index is 6.90.